The zero-order valence-electron chi connectivity index (χ0n) is 15.0. The lowest BCUT2D eigenvalue weighted by Gasteiger charge is -2.36. The SMILES string of the molecule is O=c1cc(CN2CCN(c3cccc4sccc34)CC2)c2ccccc2[nH]1. The van der Waals surface area contributed by atoms with E-state index in [9.17, 15) is 4.79 Å². The number of hydrogen-bond donors (Lipinski definition) is 1. The maximum Gasteiger partial charge on any atom is 0.248 e. The van der Waals surface area contributed by atoms with Crippen molar-refractivity contribution in [3.8, 4) is 0 Å². The monoisotopic (exact) mass is 375 g/mol. The minimum Gasteiger partial charge on any atom is -0.368 e. The Bertz CT molecular complexity index is 1150. The highest BCUT2D eigenvalue weighted by atomic mass is 32.1. The van der Waals surface area contributed by atoms with Crippen LogP contribution in [0.15, 0.2) is 64.8 Å². The zero-order chi connectivity index (χ0) is 18.2. The Morgan fingerprint density at radius 2 is 1.78 bits per heavy atom. The molecule has 1 aliphatic heterocycles. The number of thiophene rings is 1. The molecule has 1 fully saturated rings. The topological polar surface area (TPSA) is 39.3 Å². The Hall–Kier alpha value is -2.63. The van der Waals surface area contributed by atoms with Crippen molar-refractivity contribution in [1.82, 2.24) is 9.88 Å². The normalized spacial score (nSPS) is 15.6. The van der Waals surface area contributed by atoms with Crippen molar-refractivity contribution in [2.75, 3.05) is 31.1 Å². The molecule has 0 saturated carbocycles. The van der Waals surface area contributed by atoms with Crippen molar-refractivity contribution in [3.63, 3.8) is 0 Å². The summed E-state index contributed by atoms with van der Waals surface area (Å²) in [5.41, 5.74) is 3.35. The Balaban J connectivity index is 1.34. The molecule has 0 radical (unpaired) electrons. The first-order valence-corrected chi connectivity index (χ1v) is 10.2. The number of aromatic nitrogens is 1. The van der Waals surface area contributed by atoms with Gasteiger partial charge in [0.1, 0.15) is 0 Å². The van der Waals surface area contributed by atoms with E-state index in [0.29, 0.717) is 0 Å². The number of pyridine rings is 1. The molecule has 0 atom stereocenters. The van der Waals surface area contributed by atoms with E-state index in [-0.39, 0.29) is 5.56 Å². The van der Waals surface area contributed by atoms with Crippen LogP contribution in [0.5, 0.6) is 0 Å². The first-order chi connectivity index (χ1) is 13.3. The number of piperazine rings is 1. The van der Waals surface area contributed by atoms with Crippen LogP contribution in [-0.2, 0) is 6.54 Å². The van der Waals surface area contributed by atoms with Crippen LogP contribution < -0.4 is 10.5 Å². The second-order valence-electron chi connectivity index (χ2n) is 7.08. The molecule has 0 bridgehead atoms. The van der Waals surface area contributed by atoms with Crippen molar-refractivity contribution in [2.24, 2.45) is 0 Å². The van der Waals surface area contributed by atoms with Gasteiger partial charge in [-0.3, -0.25) is 9.69 Å². The summed E-state index contributed by atoms with van der Waals surface area (Å²) < 4.78 is 1.35. The first-order valence-electron chi connectivity index (χ1n) is 9.32. The van der Waals surface area contributed by atoms with E-state index in [4.69, 9.17) is 0 Å². The molecule has 3 heterocycles. The number of rotatable bonds is 3. The van der Waals surface area contributed by atoms with Gasteiger partial charge in [0.25, 0.3) is 0 Å². The predicted molar refractivity (Wildman–Crippen MR) is 114 cm³/mol. The number of fused-ring (bicyclic) bond motifs is 2. The van der Waals surface area contributed by atoms with E-state index < -0.39 is 0 Å². The average Bonchev–Trinajstić information content (AvgIpc) is 3.17. The lowest BCUT2D eigenvalue weighted by atomic mass is 10.1. The Morgan fingerprint density at radius 3 is 2.67 bits per heavy atom. The molecule has 1 N–H and O–H groups in total. The fraction of sp³-hybridized carbons (Fsp3) is 0.227. The minimum atomic E-state index is -0.0218. The molecule has 4 nitrogen and oxygen atoms in total. The highest BCUT2D eigenvalue weighted by molar-refractivity contribution is 7.17. The first kappa shape index (κ1) is 16.5. The quantitative estimate of drug-likeness (QED) is 0.587. The van der Waals surface area contributed by atoms with Gasteiger partial charge in [-0.05, 0) is 35.2 Å². The summed E-state index contributed by atoms with van der Waals surface area (Å²) in [7, 11) is 0. The summed E-state index contributed by atoms with van der Waals surface area (Å²) >= 11 is 1.80. The van der Waals surface area contributed by atoms with Crippen LogP contribution in [0.25, 0.3) is 21.0 Å². The van der Waals surface area contributed by atoms with Crippen LogP contribution >= 0.6 is 11.3 Å². The van der Waals surface area contributed by atoms with Crippen molar-refractivity contribution in [2.45, 2.75) is 6.54 Å². The predicted octanol–water partition coefficient (Wildman–Crippen LogP) is 4.07. The number of H-pyrrole nitrogens is 1. The molecule has 0 spiro atoms. The molecule has 1 aliphatic rings. The van der Waals surface area contributed by atoms with Crippen molar-refractivity contribution < 1.29 is 0 Å². The van der Waals surface area contributed by atoms with Crippen LogP contribution in [0.4, 0.5) is 5.69 Å². The van der Waals surface area contributed by atoms with Gasteiger partial charge >= 0.3 is 0 Å². The van der Waals surface area contributed by atoms with Gasteiger partial charge in [-0.25, -0.2) is 0 Å². The van der Waals surface area contributed by atoms with E-state index in [1.54, 1.807) is 17.4 Å². The maximum atomic E-state index is 12.0. The largest absolute Gasteiger partial charge is 0.368 e. The van der Waals surface area contributed by atoms with Gasteiger partial charge < -0.3 is 9.88 Å². The molecule has 5 heteroatoms. The number of hydrogen-bond acceptors (Lipinski definition) is 4. The Labute approximate surface area is 161 Å². The maximum absolute atomic E-state index is 12.0. The van der Waals surface area contributed by atoms with E-state index in [1.807, 2.05) is 18.2 Å². The van der Waals surface area contributed by atoms with Gasteiger partial charge in [-0.1, -0.05) is 24.3 Å². The number of nitrogens with one attached hydrogen (secondary N) is 1. The lowest BCUT2D eigenvalue weighted by molar-refractivity contribution is 0.251. The average molecular weight is 375 g/mol. The molecule has 2 aromatic heterocycles. The van der Waals surface area contributed by atoms with Crippen molar-refractivity contribution >= 4 is 38.0 Å². The van der Waals surface area contributed by atoms with Gasteiger partial charge in [0, 0.05) is 65.5 Å². The minimum absolute atomic E-state index is 0.0218. The summed E-state index contributed by atoms with van der Waals surface area (Å²) in [6, 6.07) is 18.6. The van der Waals surface area contributed by atoms with E-state index in [0.717, 1.165) is 49.2 Å². The molecule has 5 rings (SSSR count). The zero-order valence-corrected chi connectivity index (χ0v) is 15.8. The molecule has 0 unspecified atom stereocenters. The Morgan fingerprint density at radius 1 is 0.926 bits per heavy atom. The van der Waals surface area contributed by atoms with Gasteiger partial charge in [0.15, 0.2) is 0 Å². The van der Waals surface area contributed by atoms with Crippen LogP contribution in [0, 0.1) is 0 Å². The summed E-state index contributed by atoms with van der Waals surface area (Å²) in [5, 5.41) is 4.67. The lowest BCUT2D eigenvalue weighted by Crippen LogP contribution is -2.46. The van der Waals surface area contributed by atoms with E-state index in [2.05, 4.69) is 50.5 Å². The molecule has 136 valence electrons. The fourth-order valence-electron chi connectivity index (χ4n) is 4.05. The third kappa shape index (κ3) is 3.13. The summed E-state index contributed by atoms with van der Waals surface area (Å²) in [6.07, 6.45) is 0. The van der Waals surface area contributed by atoms with Gasteiger partial charge in [-0.2, -0.15) is 0 Å². The molecule has 2 aromatic carbocycles. The molecular formula is C22H21N3OS. The number of anilines is 1. The molecule has 4 aromatic rings. The number of benzene rings is 2. The van der Waals surface area contributed by atoms with E-state index >= 15 is 0 Å². The summed E-state index contributed by atoms with van der Waals surface area (Å²) in [5.74, 6) is 0. The van der Waals surface area contributed by atoms with Gasteiger partial charge in [-0.15, -0.1) is 11.3 Å². The third-order valence-corrected chi connectivity index (χ3v) is 6.30. The van der Waals surface area contributed by atoms with Crippen molar-refractivity contribution in [1.29, 1.82) is 0 Å². The van der Waals surface area contributed by atoms with Crippen LogP contribution in [0.2, 0.25) is 0 Å². The van der Waals surface area contributed by atoms with Crippen LogP contribution in [0.1, 0.15) is 5.56 Å². The molecule has 27 heavy (non-hydrogen) atoms. The molecular weight excluding hydrogens is 354 g/mol. The van der Waals surface area contributed by atoms with Crippen LogP contribution in [-0.4, -0.2) is 36.1 Å². The third-order valence-electron chi connectivity index (χ3n) is 5.42. The standard InChI is InChI=1S/C22H21N3OS/c26-22-14-16(17-4-1-2-5-19(17)23-22)15-24-9-11-25(12-10-24)20-6-3-7-21-18(20)8-13-27-21/h1-8,13-14H,9-12,15H2,(H,23,26). The highest BCUT2D eigenvalue weighted by Gasteiger charge is 2.19. The Kier molecular flexibility index (Phi) is 4.19. The van der Waals surface area contributed by atoms with Crippen molar-refractivity contribution in [3.05, 3.63) is 75.9 Å². The van der Waals surface area contributed by atoms with Crippen LogP contribution in [0.3, 0.4) is 0 Å². The second kappa shape index (κ2) is 6.83. The van der Waals surface area contributed by atoms with E-state index in [1.165, 1.54) is 15.8 Å². The molecule has 1 saturated heterocycles. The molecule has 0 aliphatic carbocycles. The number of nitrogens with zero attached hydrogens (tertiary/aromatic N) is 2. The number of para-hydroxylation sites is 1. The van der Waals surface area contributed by atoms with Gasteiger partial charge in [0.05, 0.1) is 0 Å². The number of aromatic amines is 1. The van der Waals surface area contributed by atoms with Gasteiger partial charge in [0.2, 0.25) is 5.56 Å². The highest BCUT2D eigenvalue weighted by Crippen LogP contribution is 2.31. The second-order valence-corrected chi connectivity index (χ2v) is 8.02. The molecule has 0 amide bonds. The summed E-state index contributed by atoms with van der Waals surface area (Å²) in [6.45, 7) is 4.84. The summed E-state index contributed by atoms with van der Waals surface area (Å²) in [4.78, 5) is 19.9. The smallest absolute Gasteiger partial charge is 0.248 e. The fourth-order valence-corrected chi connectivity index (χ4v) is 4.86.